The fourth-order valence-corrected chi connectivity index (χ4v) is 4.56. The highest BCUT2D eigenvalue weighted by molar-refractivity contribution is 7.90. The van der Waals surface area contributed by atoms with E-state index in [1.807, 2.05) is 42.5 Å². The van der Waals surface area contributed by atoms with E-state index in [-0.39, 0.29) is 23.2 Å². The summed E-state index contributed by atoms with van der Waals surface area (Å²) in [5.41, 5.74) is 10.3. The molecule has 0 unspecified atom stereocenters. The minimum absolute atomic E-state index is 0.101. The van der Waals surface area contributed by atoms with Gasteiger partial charge in [0, 0.05) is 0 Å². The predicted molar refractivity (Wildman–Crippen MR) is 136 cm³/mol. The van der Waals surface area contributed by atoms with Crippen molar-refractivity contribution in [3.63, 3.8) is 0 Å². The average molecular weight is 490 g/mol. The van der Waals surface area contributed by atoms with Crippen molar-refractivity contribution in [3.05, 3.63) is 108 Å². The molecule has 178 valence electrons. The molecule has 0 spiro atoms. The molecular weight excluding hydrogens is 465 g/mol. The number of methoxy groups -OCH3 is 1. The summed E-state index contributed by atoms with van der Waals surface area (Å²) in [6, 6.07) is 27.6. The van der Waals surface area contributed by atoms with E-state index < -0.39 is 10.0 Å². The van der Waals surface area contributed by atoms with E-state index in [0.29, 0.717) is 0 Å². The standard InChI is InChI=1S/C27H24FN3O3S/c1-34-23-14-10-21(11-15-23)26-17-19(7-16-25(26)20-8-12-22(28)13-9-20)18-30-27(29)31-35(32,33)24-5-3-2-4-6-24/h2-17H,18H2,1H3,(H3,29,30,31). The molecule has 0 saturated carbocycles. The Morgan fingerprint density at radius 3 is 2.17 bits per heavy atom. The van der Waals surface area contributed by atoms with Gasteiger partial charge in [-0.1, -0.05) is 54.6 Å². The maximum atomic E-state index is 13.5. The molecule has 0 heterocycles. The second kappa shape index (κ2) is 10.4. The van der Waals surface area contributed by atoms with Crippen LogP contribution in [-0.4, -0.2) is 21.5 Å². The Kier molecular flexibility index (Phi) is 7.12. The molecule has 4 aromatic rings. The van der Waals surface area contributed by atoms with Gasteiger partial charge >= 0.3 is 0 Å². The molecule has 35 heavy (non-hydrogen) atoms. The van der Waals surface area contributed by atoms with Crippen LogP contribution in [0.5, 0.6) is 5.75 Å². The summed E-state index contributed by atoms with van der Waals surface area (Å²) in [7, 11) is -2.21. The van der Waals surface area contributed by atoms with Crippen LogP contribution >= 0.6 is 0 Å². The van der Waals surface area contributed by atoms with Crippen LogP contribution in [0.15, 0.2) is 107 Å². The molecule has 0 saturated heterocycles. The quantitative estimate of drug-likeness (QED) is 0.283. The monoisotopic (exact) mass is 489 g/mol. The number of ether oxygens (including phenoxy) is 1. The highest BCUT2D eigenvalue weighted by Crippen LogP contribution is 2.34. The van der Waals surface area contributed by atoms with Gasteiger partial charge in [-0.3, -0.25) is 0 Å². The molecule has 0 aromatic heterocycles. The minimum atomic E-state index is -3.82. The van der Waals surface area contributed by atoms with Gasteiger partial charge in [-0.25, -0.2) is 22.5 Å². The number of halogens is 1. The molecule has 3 N–H and O–H groups in total. The first-order chi connectivity index (χ1) is 16.9. The van der Waals surface area contributed by atoms with Crippen LogP contribution in [0.4, 0.5) is 4.39 Å². The van der Waals surface area contributed by atoms with Crippen molar-refractivity contribution >= 4 is 16.0 Å². The Bertz CT molecular complexity index is 1440. The highest BCUT2D eigenvalue weighted by atomic mass is 32.2. The number of guanidine groups is 1. The van der Waals surface area contributed by atoms with Crippen molar-refractivity contribution in [3.8, 4) is 28.0 Å². The number of sulfonamides is 1. The summed E-state index contributed by atoms with van der Waals surface area (Å²) in [6.45, 7) is 0.163. The lowest BCUT2D eigenvalue weighted by Crippen LogP contribution is -2.36. The van der Waals surface area contributed by atoms with Crippen molar-refractivity contribution < 1.29 is 17.5 Å². The van der Waals surface area contributed by atoms with Crippen LogP contribution in [-0.2, 0) is 16.6 Å². The van der Waals surface area contributed by atoms with Gasteiger partial charge in [0.15, 0.2) is 0 Å². The van der Waals surface area contributed by atoms with Gasteiger partial charge in [0.1, 0.15) is 11.6 Å². The fourth-order valence-electron chi connectivity index (χ4n) is 3.59. The van der Waals surface area contributed by atoms with E-state index in [1.165, 1.54) is 24.3 Å². The second-order valence-electron chi connectivity index (χ2n) is 7.74. The summed E-state index contributed by atoms with van der Waals surface area (Å²) >= 11 is 0. The van der Waals surface area contributed by atoms with E-state index in [9.17, 15) is 12.8 Å². The zero-order chi connectivity index (χ0) is 24.8. The molecule has 0 radical (unpaired) electrons. The van der Waals surface area contributed by atoms with Crippen LogP contribution < -0.4 is 15.2 Å². The predicted octanol–water partition coefficient (Wildman–Crippen LogP) is 4.96. The Morgan fingerprint density at radius 1 is 0.886 bits per heavy atom. The second-order valence-corrected chi connectivity index (χ2v) is 9.42. The van der Waals surface area contributed by atoms with E-state index in [1.54, 1.807) is 37.4 Å². The SMILES string of the molecule is COc1ccc(-c2cc(CN=C(N)NS(=O)(=O)c3ccccc3)ccc2-c2ccc(F)cc2)cc1. The van der Waals surface area contributed by atoms with E-state index in [2.05, 4.69) is 9.71 Å². The molecule has 0 amide bonds. The molecule has 6 nitrogen and oxygen atoms in total. The average Bonchev–Trinajstić information content (AvgIpc) is 2.88. The number of hydrogen-bond acceptors (Lipinski definition) is 4. The third-order valence-corrected chi connectivity index (χ3v) is 6.74. The lowest BCUT2D eigenvalue weighted by Gasteiger charge is -2.13. The molecule has 0 aliphatic heterocycles. The maximum Gasteiger partial charge on any atom is 0.264 e. The van der Waals surface area contributed by atoms with Gasteiger partial charge in [0.2, 0.25) is 5.96 Å². The summed E-state index contributed by atoms with van der Waals surface area (Å²) in [5, 5.41) is 0. The van der Waals surface area contributed by atoms with Crippen LogP contribution in [0.1, 0.15) is 5.56 Å². The largest absolute Gasteiger partial charge is 0.497 e. The first-order valence-electron chi connectivity index (χ1n) is 10.8. The van der Waals surface area contributed by atoms with Gasteiger partial charge in [-0.05, 0) is 70.3 Å². The van der Waals surface area contributed by atoms with E-state index >= 15 is 0 Å². The van der Waals surface area contributed by atoms with Gasteiger partial charge in [0.05, 0.1) is 18.6 Å². The van der Waals surface area contributed by atoms with Crippen LogP contribution in [0.25, 0.3) is 22.3 Å². The first kappa shape index (κ1) is 24.0. The third-order valence-electron chi connectivity index (χ3n) is 5.36. The smallest absolute Gasteiger partial charge is 0.264 e. The number of hydrogen-bond donors (Lipinski definition) is 2. The molecular formula is C27H24FN3O3S. The Balaban J connectivity index is 1.63. The topological polar surface area (TPSA) is 93.8 Å². The normalized spacial score (nSPS) is 11.8. The Morgan fingerprint density at radius 2 is 1.51 bits per heavy atom. The van der Waals surface area contributed by atoms with Gasteiger partial charge < -0.3 is 10.5 Å². The molecule has 4 aromatic carbocycles. The summed E-state index contributed by atoms with van der Waals surface area (Å²) in [6.07, 6.45) is 0. The zero-order valence-corrected chi connectivity index (χ0v) is 19.8. The van der Waals surface area contributed by atoms with Crippen molar-refractivity contribution in [1.29, 1.82) is 0 Å². The minimum Gasteiger partial charge on any atom is -0.497 e. The molecule has 0 atom stereocenters. The van der Waals surface area contributed by atoms with Gasteiger partial charge in [0.25, 0.3) is 10.0 Å². The lowest BCUT2D eigenvalue weighted by atomic mass is 9.92. The zero-order valence-electron chi connectivity index (χ0n) is 19.0. The number of nitrogens with two attached hydrogens (primary N) is 1. The summed E-state index contributed by atoms with van der Waals surface area (Å²) in [4.78, 5) is 4.32. The van der Waals surface area contributed by atoms with E-state index in [0.717, 1.165) is 33.6 Å². The molecule has 0 bridgehead atoms. The van der Waals surface area contributed by atoms with Crippen molar-refractivity contribution in [2.24, 2.45) is 10.7 Å². The fraction of sp³-hybridized carbons (Fsp3) is 0.0741. The molecule has 8 heteroatoms. The Labute approximate surface area is 204 Å². The molecule has 4 rings (SSSR count). The summed E-state index contributed by atoms with van der Waals surface area (Å²) in [5.74, 6) is 0.220. The third kappa shape index (κ3) is 5.85. The molecule has 0 aliphatic rings. The summed E-state index contributed by atoms with van der Waals surface area (Å²) < 4.78 is 46.0. The number of nitrogens with one attached hydrogen (secondary N) is 1. The van der Waals surface area contributed by atoms with Crippen molar-refractivity contribution in [2.75, 3.05) is 7.11 Å². The maximum absolute atomic E-state index is 13.5. The lowest BCUT2D eigenvalue weighted by molar-refractivity contribution is 0.415. The number of aliphatic imine (C=N–C) groups is 1. The van der Waals surface area contributed by atoms with Crippen molar-refractivity contribution in [1.82, 2.24) is 4.72 Å². The van der Waals surface area contributed by atoms with E-state index in [4.69, 9.17) is 10.5 Å². The molecule has 0 aliphatic carbocycles. The Hall–Kier alpha value is -4.17. The van der Waals surface area contributed by atoms with Crippen LogP contribution in [0.3, 0.4) is 0 Å². The number of benzene rings is 4. The van der Waals surface area contributed by atoms with Crippen LogP contribution in [0, 0.1) is 5.82 Å². The first-order valence-corrected chi connectivity index (χ1v) is 12.2. The van der Waals surface area contributed by atoms with Gasteiger partial charge in [-0.2, -0.15) is 0 Å². The van der Waals surface area contributed by atoms with Gasteiger partial charge in [-0.15, -0.1) is 0 Å². The van der Waals surface area contributed by atoms with Crippen molar-refractivity contribution in [2.45, 2.75) is 11.4 Å². The number of nitrogens with zero attached hydrogens (tertiary/aromatic N) is 1. The number of rotatable bonds is 7. The highest BCUT2D eigenvalue weighted by Gasteiger charge is 2.14. The molecule has 0 fully saturated rings. The van der Waals surface area contributed by atoms with Crippen LogP contribution in [0.2, 0.25) is 0 Å².